The molecule has 142 valence electrons. The first-order valence-corrected chi connectivity index (χ1v) is 9.36. The molecule has 0 radical (unpaired) electrons. The van der Waals surface area contributed by atoms with Crippen molar-refractivity contribution in [3.05, 3.63) is 94.5 Å². The predicted octanol–water partition coefficient (Wildman–Crippen LogP) is 5.08. The third-order valence-corrected chi connectivity index (χ3v) is 5.26. The van der Waals surface area contributed by atoms with Crippen LogP contribution in [0.15, 0.2) is 83.8 Å². The van der Waals surface area contributed by atoms with Gasteiger partial charge in [-0.2, -0.15) is 0 Å². The second-order valence-electron chi connectivity index (χ2n) is 5.85. The molecule has 3 aromatic rings. The number of non-ortho nitro benzene ring substituents is 1. The Morgan fingerprint density at radius 2 is 1.68 bits per heavy atom. The molecule has 0 aliphatic carbocycles. The van der Waals surface area contributed by atoms with Gasteiger partial charge < -0.3 is 10.1 Å². The Balaban J connectivity index is 1.92. The number of rotatable bonds is 7. The summed E-state index contributed by atoms with van der Waals surface area (Å²) in [7, 11) is 1.45. The van der Waals surface area contributed by atoms with E-state index in [4.69, 9.17) is 4.74 Å². The van der Waals surface area contributed by atoms with Gasteiger partial charge in [0, 0.05) is 17.0 Å². The molecule has 1 unspecified atom stereocenters. The summed E-state index contributed by atoms with van der Waals surface area (Å²) in [6, 6.07) is 23.1. The minimum atomic E-state index is -0.535. The molecule has 6 nitrogen and oxygen atoms in total. The number of methoxy groups -OCH3 is 1. The van der Waals surface area contributed by atoms with Crippen LogP contribution in [-0.2, 0) is 4.79 Å². The smallest absolute Gasteiger partial charge is 0.271 e. The molecule has 0 aromatic heterocycles. The molecule has 1 N–H and O–H groups in total. The number of thioether (sulfide) groups is 1. The lowest BCUT2D eigenvalue weighted by Crippen LogP contribution is -2.19. The molecule has 0 saturated carbocycles. The molecular formula is C21H18N2O4S. The number of hydrogen-bond donors (Lipinski definition) is 1. The number of nitro benzene ring substituents is 1. The molecule has 0 heterocycles. The number of ether oxygens (including phenoxy) is 1. The van der Waals surface area contributed by atoms with Gasteiger partial charge in [0.15, 0.2) is 0 Å². The van der Waals surface area contributed by atoms with Gasteiger partial charge in [-0.1, -0.05) is 48.5 Å². The Morgan fingerprint density at radius 3 is 2.29 bits per heavy atom. The summed E-state index contributed by atoms with van der Waals surface area (Å²) in [5.41, 5.74) is 0.970. The van der Waals surface area contributed by atoms with Gasteiger partial charge in [-0.05, 0) is 23.8 Å². The monoisotopic (exact) mass is 394 g/mol. The van der Waals surface area contributed by atoms with E-state index in [1.54, 1.807) is 0 Å². The lowest BCUT2D eigenvalue weighted by atomic mass is 10.1. The maximum absolute atomic E-state index is 13.1. The summed E-state index contributed by atoms with van der Waals surface area (Å²) in [6.45, 7) is 0. The molecule has 3 aromatic carbocycles. The molecule has 1 amide bonds. The Kier molecular flexibility index (Phi) is 6.29. The van der Waals surface area contributed by atoms with Crippen molar-refractivity contribution in [1.82, 2.24) is 0 Å². The van der Waals surface area contributed by atoms with Crippen LogP contribution in [-0.4, -0.2) is 17.9 Å². The third-order valence-electron chi connectivity index (χ3n) is 3.99. The lowest BCUT2D eigenvalue weighted by molar-refractivity contribution is -0.384. The van der Waals surface area contributed by atoms with Crippen molar-refractivity contribution in [1.29, 1.82) is 0 Å². The number of carbonyl (C=O) groups is 1. The molecule has 3 rings (SSSR count). The second kappa shape index (κ2) is 9.05. The van der Waals surface area contributed by atoms with E-state index in [-0.39, 0.29) is 17.3 Å². The molecular weight excluding hydrogens is 376 g/mol. The van der Waals surface area contributed by atoms with Crippen molar-refractivity contribution in [3.8, 4) is 5.75 Å². The molecule has 0 aliphatic rings. The van der Waals surface area contributed by atoms with Crippen LogP contribution in [0.25, 0.3) is 0 Å². The van der Waals surface area contributed by atoms with Crippen LogP contribution < -0.4 is 10.1 Å². The summed E-state index contributed by atoms with van der Waals surface area (Å²) < 4.78 is 5.24. The van der Waals surface area contributed by atoms with Crippen LogP contribution in [0.2, 0.25) is 0 Å². The van der Waals surface area contributed by atoms with E-state index in [0.29, 0.717) is 5.75 Å². The van der Waals surface area contributed by atoms with Gasteiger partial charge in [-0.25, -0.2) is 0 Å². The van der Waals surface area contributed by atoms with E-state index in [0.717, 1.165) is 10.5 Å². The zero-order valence-electron chi connectivity index (χ0n) is 15.1. The topological polar surface area (TPSA) is 81.5 Å². The zero-order chi connectivity index (χ0) is 19.9. The molecule has 0 saturated heterocycles. The lowest BCUT2D eigenvalue weighted by Gasteiger charge is -2.18. The Morgan fingerprint density at radius 1 is 1.04 bits per heavy atom. The van der Waals surface area contributed by atoms with Crippen LogP contribution in [0, 0.1) is 10.1 Å². The average molecular weight is 394 g/mol. The molecule has 0 fully saturated rings. The van der Waals surface area contributed by atoms with Crippen molar-refractivity contribution < 1.29 is 14.5 Å². The Labute approximate surface area is 166 Å². The normalized spacial score (nSPS) is 11.5. The molecule has 0 bridgehead atoms. The van der Waals surface area contributed by atoms with Gasteiger partial charge >= 0.3 is 0 Å². The maximum atomic E-state index is 13.1. The summed E-state index contributed by atoms with van der Waals surface area (Å²) in [5.74, 6) is 0.0642. The minimum Gasteiger partial charge on any atom is -0.495 e. The summed E-state index contributed by atoms with van der Waals surface area (Å²) in [6.07, 6.45) is 0. The number of nitrogens with one attached hydrogen (secondary N) is 1. The van der Waals surface area contributed by atoms with E-state index in [1.165, 1.54) is 37.1 Å². The highest BCUT2D eigenvalue weighted by Gasteiger charge is 2.24. The fourth-order valence-corrected chi connectivity index (χ4v) is 3.69. The molecule has 28 heavy (non-hydrogen) atoms. The van der Waals surface area contributed by atoms with Crippen LogP contribution in [0.4, 0.5) is 11.4 Å². The highest BCUT2D eigenvalue weighted by atomic mass is 32.2. The van der Waals surface area contributed by atoms with Crippen molar-refractivity contribution in [2.24, 2.45) is 0 Å². The van der Waals surface area contributed by atoms with E-state index in [2.05, 4.69) is 5.32 Å². The van der Waals surface area contributed by atoms with Crippen LogP contribution in [0.3, 0.4) is 0 Å². The van der Waals surface area contributed by atoms with Gasteiger partial charge in [0.25, 0.3) is 5.69 Å². The van der Waals surface area contributed by atoms with Crippen molar-refractivity contribution in [3.63, 3.8) is 0 Å². The van der Waals surface area contributed by atoms with Gasteiger partial charge in [-0.3, -0.25) is 14.9 Å². The highest BCUT2D eigenvalue weighted by molar-refractivity contribution is 8.00. The van der Waals surface area contributed by atoms with Gasteiger partial charge in [-0.15, -0.1) is 11.8 Å². The SMILES string of the molecule is COc1ccc([N+](=O)[O-])cc1NC(=O)C(Sc1ccccc1)c1ccccc1. The Bertz CT molecular complexity index is 965. The van der Waals surface area contributed by atoms with Crippen LogP contribution in [0.5, 0.6) is 5.75 Å². The predicted molar refractivity (Wildman–Crippen MR) is 110 cm³/mol. The fraction of sp³-hybridized carbons (Fsp3) is 0.0952. The van der Waals surface area contributed by atoms with E-state index >= 15 is 0 Å². The van der Waals surface area contributed by atoms with Crippen LogP contribution >= 0.6 is 11.8 Å². The Hall–Kier alpha value is -3.32. The summed E-state index contributed by atoms with van der Waals surface area (Å²) >= 11 is 1.41. The number of benzene rings is 3. The molecule has 1 atom stereocenters. The number of anilines is 1. The third kappa shape index (κ3) is 4.69. The van der Waals surface area contributed by atoms with Gasteiger partial charge in [0.1, 0.15) is 11.0 Å². The number of carbonyl (C=O) groups excluding carboxylic acids is 1. The van der Waals surface area contributed by atoms with E-state index in [9.17, 15) is 14.9 Å². The van der Waals surface area contributed by atoms with E-state index < -0.39 is 10.2 Å². The first kappa shape index (κ1) is 19.4. The number of amides is 1. The maximum Gasteiger partial charge on any atom is 0.271 e. The van der Waals surface area contributed by atoms with Gasteiger partial charge in [0.2, 0.25) is 5.91 Å². The fourth-order valence-electron chi connectivity index (χ4n) is 2.64. The number of nitrogens with zero attached hydrogens (tertiary/aromatic N) is 1. The molecule has 0 aliphatic heterocycles. The minimum absolute atomic E-state index is 0.122. The number of hydrogen-bond acceptors (Lipinski definition) is 5. The summed E-state index contributed by atoms with van der Waals surface area (Å²) in [5, 5.41) is 13.3. The molecule has 0 spiro atoms. The van der Waals surface area contributed by atoms with Crippen molar-refractivity contribution in [2.45, 2.75) is 10.1 Å². The van der Waals surface area contributed by atoms with Crippen LogP contribution in [0.1, 0.15) is 10.8 Å². The first-order valence-electron chi connectivity index (χ1n) is 8.48. The average Bonchev–Trinajstić information content (AvgIpc) is 2.73. The standard InChI is InChI=1S/C21H18N2O4S/c1-27-19-13-12-16(23(25)26)14-18(19)22-21(24)20(15-8-4-2-5-9-15)28-17-10-6-3-7-11-17/h2-14,20H,1H3,(H,22,24). The van der Waals surface area contributed by atoms with Crippen molar-refractivity contribution >= 4 is 29.0 Å². The van der Waals surface area contributed by atoms with Crippen molar-refractivity contribution in [2.75, 3.05) is 12.4 Å². The van der Waals surface area contributed by atoms with Gasteiger partial charge in [0.05, 0.1) is 17.7 Å². The highest BCUT2D eigenvalue weighted by Crippen LogP contribution is 2.37. The zero-order valence-corrected chi connectivity index (χ0v) is 15.9. The van der Waals surface area contributed by atoms with E-state index in [1.807, 2.05) is 60.7 Å². The number of nitro groups is 1. The second-order valence-corrected chi connectivity index (χ2v) is 7.03. The molecule has 7 heteroatoms. The summed E-state index contributed by atoms with van der Waals surface area (Å²) in [4.78, 5) is 24.6. The quantitative estimate of drug-likeness (QED) is 0.343. The largest absolute Gasteiger partial charge is 0.495 e. The first-order chi connectivity index (χ1) is 13.6.